The van der Waals surface area contributed by atoms with Gasteiger partial charge in [0.05, 0.1) is 12.5 Å². The first kappa shape index (κ1) is 14.2. The van der Waals surface area contributed by atoms with Crippen molar-refractivity contribution in [2.24, 2.45) is 0 Å². The van der Waals surface area contributed by atoms with Gasteiger partial charge in [0.15, 0.2) is 0 Å². The van der Waals surface area contributed by atoms with Gasteiger partial charge in [-0.3, -0.25) is 4.79 Å². The van der Waals surface area contributed by atoms with Gasteiger partial charge in [-0.25, -0.2) is 0 Å². The second-order valence-corrected chi connectivity index (χ2v) is 4.57. The van der Waals surface area contributed by atoms with Crippen LogP contribution in [0.5, 0.6) is 0 Å². The van der Waals surface area contributed by atoms with E-state index in [-0.39, 0.29) is 12.6 Å². The third-order valence-corrected chi connectivity index (χ3v) is 3.63. The number of benzene rings is 1. The van der Waals surface area contributed by atoms with Gasteiger partial charge in [0.25, 0.3) is 0 Å². The summed E-state index contributed by atoms with van der Waals surface area (Å²) >= 11 is 0. The number of carbonyl (C=O) groups excluding carboxylic acids is 1. The first-order valence-electron chi connectivity index (χ1n) is 5.98. The lowest BCUT2D eigenvalue weighted by Gasteiger charge is -2.19. The molecule has 0 aromatic heterocycles. The maximum absolute atomic E-state index is 10.9. The Balaban J connectivity index is 3.36. The first-order valence-corrected chi connectivity index (χ1v) is 5.98. The second kappa shape index (κ2) is 5.68. The molecule has 0 unspecified atom stereocenters. The minimum Gasteiger partial charge on any atom is -0.461 e. The van der Waals surface area contributed by atoms with E-state index in [9.17, 15) is 4.79 Å². The van der Waals surface area contributed by atoms with Gasteiger partial charge in [0.2, 0.25) is 0 Å². The summed E-state index contributed by atoms with van der Waals surface area (Å²) in [5.74, 6) is -0.298. The van der Waals surface area contributed by atoms with E-state index in [2.05, 4.69) is 19.9 Å². The maximum atomic E-state index is 10.9. The summed E-state index contributed by atoms with van der Waals surface area (Å²) in [6.45, 7) is 9.81. The smallest absolute Gasteiger partial charge is 0.302 e. The van der Waals surface area contributed by atoms with Gasteiger partial charge in [-0.2, -0.15) is 5.26 Å². The highest BCUT2D eigenvalue weighted by atomic mass is 16.5. The summed E-state index contributed by atoms with van der Waals surface area (Å²) in [6, 6.07) is 2.19. The molecule has 0 saturated heterocycles. The van der Waals surface area contributed by atoms with Crippen molar-refractivity contribution in [3.63, 3.8) is 0 Å². The van der Waals surface area contributed by atoms with Crippen molar-refractivity contribution >= 4 is 5.97 Å². The van der Waals surface area contributed by atoms with E-state index in [1.807, 2.05) is 13.8 Å². The standard InChI is InChI=1S/C15H19NO2/c1-9-10(2)12(4)15(8-18-13(5)17)14(6-7-16)11(9)3/h6,8H2,1-5H3. The van der Waals surface area contributed by atoms with Crippen LogP contribution in [0, 0.1) is 39.0 Å². The molecular weight excluding hydrogens is 226 g/mol. The van der Waals surface area contributed by atoms with Crippen molar-refractivity contribution in [1.29, 1.82) is 5.26 Å². The number of ether oxygens (including phenoxy) is 1. The molecule has 3 nitrogen and oxygen atoms in total. The van der Waals surface area contributed by atoms with Crippen LogP contribution in [0.25, 0.3) is 0 Å². The molecule has 0 spiro atoms. The lowest BCUT2D eigenvalue weighted by molar-refractivity contribution is -0.142. The van der Waals surface area contributed by atoms with Crippen LogP contribution in [0.4, 0.5) is 0 Å². The number of hydrogen-bond acceptors (Lipinski definition) is 3. The van der Waals surface area contributed by atoms with Gasteiger partial charge in [0, 0.05) is 6.92 Å². The third-order valence-electron chi connectivity index (χ3n) is 3.63. The van der Waals surface area contributed by atoms with E-state index in [0.717, 1.165) is 22.3 Å². The molecule has 0 radical (unpaired) electrons. The Bertz CT molecular complexity index is 525. The molecule has 3 heteroatoms. The molecule has 0 aliphatic rings. The van der Waals surface area contributed by atoms with Crippen molar-refractivity contribution in [2.45, 2.75) is 47.6 Å². The highest BCUT2D eigenvalue weighted by molar-refractivity contribution is 5.66. The second-order valence-electron chi connectivity index (χ2n) is 4.57. The Morgan fingerprint density at radius 1 is 1.06 bits per heavy atom. The van der Waals surface area contributed by atoms with Crippen molar-refractivity contribution in [1.82, 2.24) is 0 Å². The minimum absolute atomic E-state index is 0.250. The average Bonchev–Trinajstić information content (AvgIpc) is 2.32. The van der Waals surface area contributed by atoms with E-state index < -0.39 is 0 Å². The molecule has 0 atom stereocenters. The number of esters is 1. The zero-order valence-corrected chi connectivity index (χ0v) is 11.7. The summed E-state index contributed by atoms with van der Waals surface area (Å²) in [6.07, 6.45) is 0.352. The van der Waals surface area contributed by atoms with Crippen LogP contribution < -0.4 is 0 Å². The van der Waals surface area contributed by atoms with Crippen LogP contribution in [0.1, 0.15) is 40.3 Å². The summed E-state index contributed by atoms with van der Waals surface area (Å²) in [5.41, 5.74) is 6.64. The lowest BCUT2D eigenvalue weighted by atomic mass is 9.88. The Morgan fingerprint density at radius 2 is 1.56 bits per heavy atom. The van der Waals surface area contributed by atoms with Gasteiger partial charge in [0.1, 0.15) is 6.61 Å². The topological polar surface area (TPSA) is 50.1 Å². The number of rotatable bonds is 3. The van der Waals surface area contributed by atoms with E-state index in [1.165, 1.54) is 18.1 Å². The SMILES string of the molecule is CC(=O)OCc1c(C)c(C)c(C)c(C)c1CC#N. The van der Waals surface area contributed by atoms with Gasteiger partial charge in [-0.05, 0) is 61.1 Å². The van der Waals surface area contributed by atoms with E-state index in [0.29, 0.717) is 6.42 Å². The normalized spacial score (nSPS) is 10.0. The molecule has 0 bridgehead atoms. The van der Waals surface area contributed by atoms with Crippen LogP contribution in [-0.2, 0) is 22.6 Å². The van der Waals surface area contributed by atoms with Crippen molar-refractivity contribution < 1.29 is 9.53 Å². The zero-order valence-electron chi connectivity index (χ0n) is 11.7. The quantitative estimate of drug-likeness (QED) is 0.769. The molecule has 96 valence electrons. The van der Waals surface area contributed by atoms with Gasteiger partial charge >= 0.3 is 5.97 Å². The number of nitriles is 1. The van der Waals surface area contributed by atoms with Crippen LogP contribution >= 0.6 is 0 Å². The molecule has 0 N–H and O–H groups in total. The molecule has 18 heavy (non-hydrogen) atoms. The number of carbonyl (C=O) groups is 1. The van der Waals surface area contributed by atoms with E-state index >= 15 is 0 Å². The minimum atomic E-state index is -0.298. The lowest BCUT2D eigenvalue weighted by Crippen LogP contribution is -2.09. The predicted molar refractivity (Wildman–Crippen MR) is 70.2 cm³/mol. The van der Waals surface area contributed by atoms with Crippen LogP contribution in [0.2, 0.25) is 0 Å². The van der Waals surface area contributed by atoms with E-state index in [1.54, 1.807) is 0 Å². The van der Waals surface area contributed by atoms with E-state index in [4.69, 9.17) is 10.00 Å². The van der Waals surface area contributed by atoms with Gasteiger partial charge in [-0.1, -0.05) is 0 Å². The van der Waals surface area contributed by atoms with Gasteiger partial charge < -0.3 is 4.74 Å². The zero-order chi connectivity index (χ0) is 13.9. The van der Waals surface area contributed by atoms with Crippen molar-refractivity contribution in [2.75, 3.05) is 0 Å². The molecule has 0 amide bonds. The summed E-state index contributed by atoms with van der Waals surface area (Å²) in [5, 5.41) is 8.94. The maximum Gasteiger partial charge on any atom is 0.302 e. The summed E-state index contributed by atoms with van der Waals surface area (Å²) < 4.78 is 5.10. The Kier molecular flexibility index (Phi) is 4.49. The average molecular weight is 245 g/mol. The highest BCUT2D eigenvalue weighted by Crippen LogP contribution is 2.27. The van der Waals surface area contributed by atoms with Gasteiger partial charge in [-0.15, -0.1) is 0 Å². The Hall–Kier alpha value is -1.82. The Morgan fingerprint density at radius 3 is 2.00 bits per heavy atom. The molecule has 1 aromatic carbocycles. The molecule has 0 aliphatic carbocycles. The fourth-order valence-corrected chi connectivity index (χ4v) is 2.16. The fraction of sp³-hybridized carbons (Fsp3) is 0.467. The molecular formula is C15H19NO2. The van der Waals surface area contributed by atoms with Crippen molar-refractivity contribution in [3.8, 4) is 6.07 Å². The van der Waals surface area contributed by atoms with Crippen LogP contribution in [0.3, 0.4) is 0 Å². The fourth-order valence-electron chi connectivity index (χ4n) is 2.16. The van der Waals surface area contributed by atoms with Crippen molar-refractivity contribution in [3.05, 3.63) is 33.4 Å². The molecule has 1 aromatic rings. The summed E-state index contributed by atoms with van der Waals surface area (Å²) in [4.78, 5) is 10.9. The monoisotopic (exact) mass is 245 g/mol. The molecule has 1 rings (SSSR count). The number of nitrogens with zero attached hydrogens (tertiary/aromatic N) is 1. The van der Waals surface area contributed by atoms with Crippen LogP contribution in [-0.4, -0.2) is 5.97 Å². The predicted octanol–water partition coefficient (Wildman–Crippen LogP) is 3.05. The first-order chi connectivity index (χ1) is 8.40. The van der Waals surface area contributed by atoms with Crippen LogP contribution in [0.15, 0.2) is 0 Å². The molecule has 0 aliphatic heterocycles. The number of hydrogen-bond donors (Lipinski definition) is 0. The third kappa shape index (κ3) is 2.70. The molecule has 0 heterocycles. The molecule has 0 saturated carbocycles. The summed E-state index contributed by atoms with van der Waals surface area (Å²) in [7, 11) is 0. The highest BCUT2D eigenvalue weighted by Gasteiger charge is 2.15. The molecule has 0 fully saturated rings. The Labute approximate surface area is 108 Å². The largest absolute Gasteiger partial charge is 0.461 e.